The third-order valence-corrected chi connectivity index (χ3v) is 2.06. The van der Waals surface area contributed by atoms with Gasteiger partial charge in [-0.1, -0.05) is 44.2 Å². The Bertz CT molecular complexity index is 206. The summed E-state index contributed by atoms with van der Waals surface area (Å²) < 4.78 is 0. The molecule has 1 aromatic carbocycles. The molecule has 0 radical (unpaired) electrons. The van der Waals surface area contributed by atoms with Crippen LogP contribution in [0.2, 0.25) is 0 Å². The van der Waals surface area contributed by atoms with E-state index < -0.39 is 0 Å². The predicted octanol–water partition coefficient (Wildman–Crippen LogP) is 2.75. The molecular weight excluding hydrogens is 135 g/mol. The Morgan fingerprint density at radius 2 is 2.00 bits per heavy atom. The van der Waals surface area contributed by atoms with Crippen molar-refractivity contribution in [2.75, 3.05) is 6.54 Å². The summed E-state index contributed by atoms with van der Waals surface area (Å²) in [5, 5.41) is 3.45. The molecule has 12 heavy (non-hydrogen) atoms. The standard InChI is InChI=1S/C11H17N/c1-3-11(12-4-2)10-8-6-5-7-9-10/h5-9,11-12H,3-4H2,1-2H3/i1-11. The van der Waals surface area contributed by atoms with Gasteiger partial charge in [-0.05, 0) is 18.5 Å². The van der Waals surface area contributed by atoms with E-state index in [1.807, 2.05) is 0 Å². The molecule has 0 aliphatic carbocycles. The van der Waals surface area contributed by atoms with Crippen LogP contribution in [-0.4, -0.2) is 6.54 Å². The quantitative estimate of drug-likeness (QED) is 0.699. The second-order valence-corrected chi connectivity index (χ2v) is 2.93. The van der Waals surface area contributed by atoms with Crippen LogP contribution >= 0.6 is 0 Å². The number of nitrogens with one attached hydrogen (secondary N) is 1. The van der Waals surface area contributed by atoms with Gasteiger partial charge in [0.2, 0.25) is 0 Å². The molecule has 1 heteroatoms. The maximum atomic E-state index is 3.45. The molecular formula is C11H17N. The number of hydrogen-bond donors (Lipinski definition) is 1. The van der Waals surface area contributed by atoms with E-state index in [2.05, 4.69) is 49.5 Å². The molecule has 0 amide bonds. The molecule has 1 aromatic rings. The molecule has 0 saturated carbocycles. The Morgan fingerprint density at radius 3 is 2.50 bits per heavy atom. The van der Waals surface area contributed by atoms with Crippen molar-refractivity contribution in [1.29, 1.82) is 0 Å². The van der Waals surface area contributed by atoms with Crippen LogP contribution in [0.15, 0.2) is 30.3 Å². The maximum absolute atomic E-state index is 3.45. The van der Waals surface area contributed by atoms with Crippen molar-refractivity contribution in [1.82, 2.24) is 5.32 Å². The maximum Gasteiger partial charge on any atom is 0.0317 e. The van der Waals surface area contributed by atoms with Gasteiger partial charge in [0.15, 0.2) is 0 Å². The zero-order valence-corrected chi connectivity index (χ0v) is 7.88. The summed E-state index contributed by atoms with van der Waals surface area (Å²) in [6, 6.07) is 11.1. The molecule has 0 aromatic heterocycles. The Hall–Kier alpha value is -0.820. The van der Waals surface area contributed by atoms with Crippen LogP contribution in [0.4, 0.5) is 0 Å². The Labute approximate surface area is 74.8 Å². The normalized spacial score (nSPS) is 12.8. The molecule has 1 atom stereocenters. The second-order valence-electron chi connectivity index (χ2n) is 2.93. The summed E-state index contributed by atoms with van der Waals surface area (Å²) in [7, 11) is 0. The van der Waals surface area contributed by atoms with Crippen LogP contribution < -0.4 is 5.32 Å². The highest BCUT2D eigenvalue weighted by Crippen LogP contribution is 2.14. The first-order valence-corrected chi connectivity index (χ1v) is 4.66. The van der Waals surface area contributed by atoms with Crippen LogP contribution in [0, 0.1) is 0 Å². The van der Waals surface area contributed by atoms with Gasteiger partial charge < -0.3 is 5.32 Å². The molecule has 0 aliphatic heterocycles. The fourth-order valence-electron chi connectivity index (χ4n) is 1.43. The summed E-state index contributed by atoms with van der Waals surface area (Å²) in [5.74, 6) is 0. The van der Waals surface area contributed by atoms with Crippen molar-refractivity contribution in [3.63, 3.8) is 0 Å². The van der Waals surface area contributed by atoms with E-state index in [0.29, 0.717) is 6.04 Å². The summed E-state index contributed by atoms with van der Waals surface area (Å²) in [5.41, 5.74) is 1.39. The second kappa shape index (κ2) is 4.94. The van der Waals surface area contributed by atoms with E-state index in [4.69, 9.17) is 0 Å². The minimum absolute atomic E-state index is 0.524. The van der Waals surface area contributed by atoms with Crippen molar-refractivity contribution in [3.8, 4) is 0 Å². The Morgan fingerprint density at radius 1 is 1.33 bits per heavy atom. The first kappa shape index (κ1) is 9.27. The highest BCUT2D eigenvalue weighted by atomic mass is 14.9. The zero-order chi connectivity index (χ0) is 8.81. The largest absolute Gasteiger partial charge is 0.310 e. The average Bonchev–Trinajstić information content (AvgIpc) is 2.15. The third-order valence-electron chi connectivity index (χ3n) is 2.06. The highest BCUT2D eigenvalue weighted by molar-refractivity contribution is 5.18. The first-order chi connectivity index (χ1) is 5.88. The van der Waals surface area contributed by atoms with Gasteiger partial charge >= 0.3 is 0 Å². The van der Waals surface area contributed by atoms with Crippen molar-refractivity contribution in [2.24, 2.45) is 0 Å². The van der Waals surface area contributed by atoms with E-state index in [1.165, 1.54) is 5.56 Å². The van der Waals surface area contributed by atoms with Crippen LogP contribution in [-0.2, 0) is 0 Å². The molecule has 0 aliphatic rings. The molecule has 0 fully saturated rings. The van der Waals surface area contributed by atoms with Crippen LogP contribution in [0.25, 0.3) is 0 Å². The van der Waals surface area contributed by atoms with E-state index in [-0.39, 0.29) is 0 Å². The van der Waals surface area contributed by atoms with Gasteiger partial charge in [-0.15, -0.1) is 0 Å². The fraction of sp³-hybridized carbons (Fsp3) is 0.455. The molecule has 1 N–H and O–H groups in total. The number of rotatable bonds is 4. The highest BCUT2D eigenvalue weighted by Gasteiger charge is 2.04. The van der Waals surface area contributed by atoms with Gasteiger partial charge in [0.05, 0.1) is 0 Å². The van der Waals surface area contributed by atoms with Gasteiger partial charge in [-0.3, -0.25) is 0 Å². The zero-order valence-electron chi connectivity index (χ0n) is 7.88. The molecule has 0 spiro atoms. The van der Waals surface area contributed by atoms with Crippen LogP contribution in [0.1, 0.15) is 31.9 Å². The Kier molecular flexibility index (Phi) is 3.81. The van der Waals surface area contributed by atoms with Gasteiger partial charge in [0.1, 0.15) is 0 Å². The average molecular weight is 152 g/mol. The molecule has 66 valence electrons. The van der Waals surface area contributed by atoms with Crippen LogP contribution in [0.5, 0.6) is 0 Å². The van der Waals surface area contributed by atoms with Crippen LogP contribution in [0.3, 0.4) is 0 Å². The summed E-state index contributed by atoms with van der Waals surface area (Å²) in [4.78, 5) is 0. The minimum atomic E-state index is 0.524. The summed E-state index contributed by atoms with van der Waals surface area (Å²) >= 11 is 0. The molecule has 1 nitrogen and oxygen atoms in total. The van der Waals surface area contributed by atoms with E-state index in [1.54, 1.807) is 0 Å². The number of benzene rings is 1. The lowest BCUT2D eigenvalue weighted by molar-refractivity contribution is 0.537. The van der Waals surface area contributed by atoms with Crippen molar-refractivity contribution >= 4 is 0 Å². The van der Waals surface area contributed by atoms with Gasteiger partial charge in [-0.2, -0.15) is 0 Å². The first-order valence-electron chi connectivity index (χ1n) is 4.66. The monoisotopic (exact) mass is 152 g/mol. The van der Waals surface area contributed by atoms with E-state index >= 15 is 0 Å². The molecule has 0 heterocycles. The Balaban J connectivity index is 2.66. The van der Waals surface area contributed by atoms with Crippen molar-refractivity contribution in [2.45, 2.75) is 26.3 Å². The lowest BCUT2D eigenvalue weighted by Gasteiger charge is -2.15. The molecule has 1 unspecified atom stereocenters. The number of hydrogen-bond acceptors (Lipinski definition) is 1. The lowest BCUT2D eigenvalue weighted by atomic mass is 0.909. The van der Waals surface area contributed by atoms with Crippen molar-refractivity contribution in [3.05, 3.63) is 35.9 Å². The van der Waals surface area contributed by atoms with Gasteiger partial charge in [0.25, 0.3) is 0 Å². The van der Waals surface area contributed by atoms with E-state index in [0.717, 1.165) is 13.0 Å². The van der Waals surface area contributed by atoms with Crippen molar-refractivity contribution < 1.29 is 0 Å². The smallest absolute Gasteiger partial charge is 0.0317 e. The van der Waals surface area contributed by atoms with E-state index in [9.17, 15) is 0 Å². The third kappa shape index (κ3) is 2.35. The predicted molar refractivity (Wildman–Crippen MR) is 53.2 cm³/mol. The summed E-state index contributed by atoms with van der Waals surface area (Å²) in [6.07, 6.45) is 1.15. The lowest BCUT2D eigenvalue weighted by Crippen LogP contribution is -2.19. The van der Waals surface area contributed by atoms with Gasteiger partial charge in [-0.25, -0.2) is 0 Å². The topological polar surface area (TPSA) is 12.0 Å². The summed E-state index contributed by atoms with van der Waals surface area (Å²) in [6.45, 7) is 5.39. The molecule has 1 rings (SSSR count). The molecule has 0 bridgehead atoms. The molecule has 0 saturated heterocycles. The van der Waals surface area contributed by atoms with Gasteiger partial charge in [0, 0.05) is 6.04 Å². The fourth-order valence-corrected chi connectivity index (χ4v) is 1.43. The SMILES string of the molecule is CCNC(C[1CH3])c1ccccc1. The minimum Gasteiger partial charge on any atom is -0.310 e.